The van der Waals surface area contributed by atoms with Crippen molar-refractivity contribution in [3.05, 3.63) is 102 Å². The van der Waals surface area contributed by atoms with Crippen molar-refractivity contribution in [2.24, 2.45) is 0 Å². The number of hydrogen-bond acceptors (Lipinski definition) is 5. The Hall–Kier alpha value is -4.19. The minimum absolute atomic E-state index is 0.157. The first-order valence-corrected chi connectivity index (χ1v) is 9.84. The molecule has 0 radical (unpaired) electrons. The van der Waals surface area contributed by atoms with Gasteiger partial charge in [0.2, 0.25) is 5.91 Å². The van der Waals surface area contributed by atoms with E-state index in [4.69, 9.17) is 4.98 Å². The Morgan fingerprint density at radius 1 is 0.806 bits per heavy atom. The number of carbonyl (C=O) groups is 1. The molecular formula is C25H21N3O3. The third-order valence-corrected chi connectivity index (χ3v) is 4.78. The van der Waals surface area contributed by atoms with Crippen LogP contribution in [-0.2, 0) is 17.6 Å². The zero-order valence-corrected chi connectivity index (χ0v) is 16.7. The molecule has 1 amide bonds. The van der Waals surface area contributed by atoms with Crippen molar-refractivity contribution in [3.8, 4) is 22.8 Å². The van der Waals surface area contributed by atoms with E-state index in [1.54, 1.807) is 54.7 Å². The molecule has 0 atom stereocenters. The number of nitrogens with zero attached hydrogens (tertiary/aromatic N) is 2. The molecule has 0 bridgehead atoms. The molecule has 0 spiro atoms. The number of carbonyl (C=O) groups excluding carboxylic acids is 1. The minimum atomic E-state index is -0.216. The predicted octanol–water partition coefficient (Wildman–Crippen LogP) is 4.33. The summed E-state index contributed by atoms with van der Waals surface area (Å²) in [6.45, 7) is 0. The van der Waals surface area contributed by atoms with Crippen LogP contribution >= 0.6 is 0 Å². The monoisotopic (exact) mass is 411 g/mol. The van der Waals surface area contributed by atoms with Crippen LogP contribution in [0.1, 0.15) is 16.8 Å². The zero-order chi connectivity index (χ0) is 21.6. The zero-order valence-electron chi connectivity index (χ0n) is 16.7. The van der Waals surface area contributed by atoms with Crippen LogP contribution in [0.25, 0.3) is 11.3 Å². The van der Waals surface area contributed by atoms with Gasteiger partial charge in [0.15, 0.2) is 5.82 Å². The van der Waals surface area contributed by atoms with Crippen LogP contribution in [0.15, 0.2) is 85.1 Å². The molecule has 0 unspecified atom stereocenters. The van der Waals surface area contributed by atoms with Gasteiger partial charge >= 0.3 is 0 Å². The molecule has 3 aromatic carbocycles. The summed E-state index contributed by atoms with van der Waals surface area (Å²) in [7, 11) is 0. The van der Waals surface area contributed by atoms with E-state index in [1.165, 1.54) is 0 Å². The standard InChI is InChI=1S/C25H21N3O3/c29-20-10-6-18(7-11-20)15-24(31)28-25-22(14-17-4-2-1-3-5-17)27-23(16-26-25)19-8-12-21(30)13-9-19/h1-13,16,29-30H,14-15H2,(H,26,28,31). The smallest absolute Gasteiger partial charge is 0.229 e. The fourth-order valence-electron chi connectivity index (χ4n) is 3.19. The molecule has 0 aliphatic rings. The van der Waals surface area contributed by atoms with Gasteiger partial charge in [-0.05, 0) is 47.5 Å². The molecule has 154 valence electrons. The van der Waals surface area contributed by atoms with Crippen LogP contribution in [-0.4, -0.2) is 26.1 Å². The largest absolute Gasteiger partial charge is 0.508 e. The molecule has 31 heavy (non-hydrogen) atoms. The lowest BCUT2D eigenvalue weighted by molar-refractivity contribution is -0.115. The van der Waals surface area contributed by atoms with Gasteiger partial charge in [-0.3, -0.25) is 4.79 Å². The number of aromatic hydroxyl groups is 2. The molecule has 0 aliphatic carbocycles. The number of phenolic OH excluding ortho intramolecular Hbond substituents is 2. The second-order valence-electron chi connectivity index (χ2n) is 7.15. The Morgan fingerprint density at radius 2 is 1.45 bits per heavy atom. The van der Waals surface area contributed by atoms with Gasteiger partial charge in [-0.25, -0.2) is 9.97 Å². The molecule has 3 N–H and O–H groups in total. The first-order valence-electron chi connectivity index (χ1n) is 9.84. The van der Waals surface area contributed by atoms with Crippen molar-refractivity contribution in [2.45, 2.75) is 12.8 Å². The minimum Gasteiger partial charge on any atom is -0.508 e. The van der Waals surface area contributed by atoms with Crippen LogP contribution in [0.3, 0.4) is 0 Å². The molecule has 0 saturated carbocycles. The number of anilines is 1. The van der Waals surface area contributed by atoms with Crippen LogP contribution in [0.2, 0.25) is 0 Å². The van der Waals surface area contributed by atoms with Gasteiger partial charge in [-0.1, -0.05) is 42.5 Å². The van der Waals surface area contributed by atoms with Crippen molar-refractivity contribution in [3.63, 3.8) is 0 Å². The third-order valence-electron chi connectivity index (χ3n) is 4.78. The Balaban J connectivity index is 1.61. The Morgan fingerprint density at radius 3 is 2.13 bits per heavy atom. The van der Waals surface area contributed by atoms with Gasteiger partial charge in [-0.2, -0.15) is 0 Å². The summed E-state index contributed by atoms with van der Waals surface area (Å²) in [6, 6.07) is 23.1. The molecule has 0 saturated heterocycles. The highest BCUT2D eigenvalue weighted by molar-refractivity contribution is 5.92. The summed E-state index contributed by atoms with van der Waals surface area (Å²) < 4.78 is 0. The third kappa shape index (κ3) is 5.25. The van der Waals surface area contributed by atoms with Gasteiger partial charge < -0.3 is 15.5 Å². The Bertz CT molecular complexity index is 1180. The molecule has 1 heterocycles. The van der Waals surface area contributed by atoms with E-state index < -0.39 is 0 Å². The Labute approximate surface area is 179 Å². The molecule has 4 rings (SSSR count). The van der Waals surface area contributed by atoms with Crippen molar-refractivity contribution < 1.29 is 15.0 Å². The average molecular weight is 411 g/mol. The van der Waals surface area contributed by atoms with Crippen molar-refractivity contribution in [2.75, 3.05) is 5.32 Å². The second-order valence-corrected chi connectivity index (χ2v) is 7.15. The maximum Gasteiger partial charge on any atom is 0.229 e. The number of phenols is 2. The van der Waals surface area contributed by atoms with E-state index in [0.717, 1.165) is 16.7 Å². The van der Waals surface area contributed by atoms with E-state index in [2.05, 4.69) is 10.3 Å². The average Bonchev–Trinajstić information content (AvgIpc) is 2.78. The van der Waals surface area contributed by atoms with E-state index in [0.29, 0.717) is 23.6 Å². The van der Waals surface area contributed by atoms with Crippen LogP contribution in [0.4, 0.5) is 5.82 Å². The fraction of sp³-hybridized carbons (Fsp3) is 0.0800. The van der Waals surface area contributed by atoms with Gasteiger partial charge in [-0.15, -0.1) is 0 Å². The summed E-state index contributed by atoms with van der Waals surface area (Å²) in [5.74, 6) is 0.533. The van der Waals surface area contributed by atoms with Gasteiger partial charge in [0.1, 0.15) is 11.5 Å². The summed E-state index contributed by atoms with van der Waals surface area (Å²) in [4.78, 5) is 21.8. The van der Waals surface area contributed by atoms with E-state index in [-0.39, 0.29) is 23.8 Å². The second kappa shape index (κ2) is 9.09. The van der Waals surface area contributed by atoms with Crippen LogP contribution in [0, 0.1) is 0 Å². The first kappa shape index (κ1) is 20.1. The van der Waals surface area contributed by atoms with E-state index in [9.17, 15) is 15.0 Å². The molecular weight excluding hydrogens is 390 g/mol. The summed E-state index contributed by atoms with van der Waals surface area (Å²) in [5, 5.41) is 21.8. The Kier molecular flexibility index (Phi) is 5.89. The molecule has 6 heteroatoms. The summed E-state index contributed by atoms with van der Waals surface area (Å²) in [5.41, 5.74) is 3.96. The maximum atomic E-state index is 12.6. The van der Waals surface area contributed by atoms with E-state index >= 15 is 0 Å². The number of aromatic nitrogens is 2. The molecule has 0 fully saturated rings. The van der Waals surface area contributed by atoms with Crippen molar-refractivity contribution >= 4 is 11.7 Å². The normalized spacial score (nSPS) is 10.6. The SMILES string of the molecule is O=C(Cc1ccc(O)cc1)Nc1ncc(-c2ccc(O)cc2)nc1Cc1ccccc1. The lowest BCUT2D eigenvalue weighted by atomic mass is 10.1. The lowest BCUT2D eigenvalue weighted by Crippen LogP contribution is -2.17. The number of amides is 1. The molecule has 0 aliphatic heterocycles. The maximum absolute atomic E-state index is 12.6. The molecule has 4 aromatic rings. The highest BCUT2D eigenvalue weighted by atomic mass is 16.3. The van der Waals surface area contributed by atoms with Gasteiger partial charge in [0.25, 0.3) is 0 Å². The quantitative estimate of drug-likeness (QED) is 0.439. The number of hydrogen-bond donors (Lipinski definition) is 3. The lowest BCUT2D eigenvalue weighted by Gasteiger charge is -2.12. The summed E-state index contributed by atoms with van der Waals surface area (Å²) >= 11 is 0. The highest BCUT2D eigenvalue weighted by Crippen LogP contribution is 2.23. The van der Waals surface area contributed by atoms with Crippen LogP contribution < -0.4 is 5.32 Å². The first-order chi connectivity index (χ1) is 15.1. The van der Waals surface area contributed by atoms with Crippen molar-refractivity contribution in [1.82, 2.24) is 9.97 Å². The molecule has 6 nitrogen and oxygen atoms in total. The number of nitrogens with one attached hydrogen (secondary N) is 1. The summed E-state index contributed by atoms with van der Waals surface area (Å²) in [6.07, 6.45) is 2.28. The number of rotatable bonds is 6. The number of benzene rings is 3. The predicted molar refractivity (Wildman–Crippen MR) is 119 cm³/mol. The topological polar surface area (TPSA) is 95.3 Å². The van der Waals surface area contributed by atoms with Crippen molar-refractivity contribution in [1.29, 1.82) is 0 Å². The van der Waals surface area contributed by atoms with Gasteiger partial charge in [0, 0.05) is 12.0 Å². The highest BCUT2D eigenvalue weighted by Gasteiger charge is 2.13. The van der Waals surface area contributed by atoms with Gasteiger partial charge in [0.05, 0.1) is 24.0 Å². The molecule has 1 aromatic heterocycles. The fourth-order valence-corrected chi connectivity index (χ4v) is 3.19. The van der Waals surface area contributed by atoms with E-state index in [1.807, 2.05) is 30.3 Å². The van der Waals surface area contributed by atoms with Crippen LogP contribution in [0.5, 0.6) is 11.5 Å².